The van der Waals surface area contributed by atoms with Crippen LogP contribution in [0.5, 0.6) is 0 Å². The Balaban J connectivity index is 2.40. The van der Waals surface area contributed by atoms with Crippen molar-refractivity contribution < 1.29 is 13.2 Å². The van der Waals surface area contributed by atoms with Crippen LogP contribution in [0.1, 0.15) is 32.6 Å². The van der Waals surface area contributed by atoms with Gasteiger partial charge in [-0.1, -0.05) is 0 Å². The number of carbonyl (C=O) groups excluding carboxylic acids is 1. The number of hydrogen-bond acceptors (Lipinski definition) is 3. The lowest BCUT2D eigenvalue weighted by Crippen LogP contribution is -2.38. The van der Waals surface area contributed by atoms with Crippen LogP contribution in [0.2, 0.25) is 0 Å². The monoisotopic (exact) mass is 219 g/mol. The summed E-state index contributed by atoms with van der Waals surface area (Å²) < 4.78 is 25.1. The number of rotatable bonds is 4. The number of nitrogens with one attached hydrogen (secondary N) is 1. The molecule has 1 fully saturated rings. The van der Waals surface area contributed by atoms with Gasteiger partial charge in [-0.3, -0.25) is 0 Å². The molecule has 0 aromatic heterocycles. The molecule has 0 unspecified atom stereocenters. The van der Waals surface area contributed by atoms with Crippen molar-refractivity contribution in [2.45, 2.75) is 38.6 Å². The Morgan fingerprint density at radius 3 is 2.29 bits per heavy atom. The average Bonchev–Trinajstić information content (AvgIpc) is 2.19. The average molecular weight is 219 g/mol. The van der Waals surface area contributed by atoms with Crippen molar-refractivity contribution in [2.75, 3.05) is 5.75 Å². The van der Waals surface area contributed by atoms with Crippen LogP contribution in [0.3, 0.4) is 0 Å². The van der Waals surface area contributed by atoms with Gasteiger partial charge in [-0.15, -0.1) is 0 Å². The van der Waals surface area contributed by atoms with Gasteiger partial charge in [0.2, 0.25) is 10.0 Å². The highest BCUT2D eigenvalue weighted by atomic mass is 32.2. The molecule has 0 atom stereocenters. The normalized spacial score (nSPS) is 28.6. The molecule has 0 aliphatic heterocycles. The molecule has 0 radical (unpaired) electrons. The summed E-state index contributed by atoms with van der Waals surface area (Å²) in [6, 6.07) is 0.0381. The van der Waals surface area contributed by atoms with E-state index in [1.54, 1.807) is 6.92 Å². The molecule has 0 aromatic carbocycles. The van der Waals surface area contributed by atoms with E-state index >= 15 is 0 Å². The van der Waals surface area contributed by atoms with Crippen LogP contribution in [0.4, 0.5) is 0 Å². The quantitative estimate of drug-likeness (QED) is 0.707. The number of hydrogen-bond donors (Lipinski definition) is 1. The van der Waals surface area contributed by atoms with E-state index in [-0.39, 0.29) is 17.7 Å². The molecular formula is C9H17NO3S. The Morgan fingerprint density at radius 2 is 1.86 bits per heavy atom. The fourth-order valence-corrected chi connectivity index (χ4v) is 2.62. The van der Waals surface area contributed by atoms with Gasteiger partial charge in [0.15, 0.2) is 0 Å². The van der Waals surface area contributed by atoms with Crippen LogP contribution < -0.4 is 4.72 Å². The molecular weight excluding hydrogens is 202 g/mol. The lowest BCUT2D eigenvalue weighted by atomic mass is 9.87. The van der Waals surface area contributed by atoms with Crippen LogP contribution in [0.25, 0.3) is 0 Å². The predicted octanol–water partition coefficient (Wildman–Crippen LogP) is 0.683. The van der Waals surface area contributed by atoms with Gasteiger partial charge in [0.1, 0.15) is 6.29 Å². The maximum absolute atomic E-state index is 11.2. The molecule has 0 aromatic rings. The Labute approximate surface area is 85.1 Å². The van der Waals surface area contributed by atoms with Crippen LogP contribution in [-0.2, 0) is 14.8 Å². The van der Waals surface area contributed by atoms with Gasteiger partial charge in [0.25, 0.3) is 0 Å². The third-order valence-electron chi connectivity index (χ3n) is 2.69. The van der Waals surface area contributed by atoms with E-state index in [1.807, 2.05) is 0 Å². The summed E-state index contributed by atoms with van der Waals surface area (Å²) in [6.45, 7) is 1.62. The highest BCUT2D eigenvalue weighted by Gasteiger charge is 2.23. The Bertz CT molecular complexity index is 278. The van der Waals surface area contributed by atoms with Crippen LogP contribution in [-0.4, -0.2) is 26.5 Å². The summed E-state index contributed by atoms with van der Waals surface area (Å²) >= 11 is 0. The van der Waals surface area contributed by atoms with E-state index in [1.165, 1.54) is 0 Å². The summed E-state index contributed by atoms with van der Waals surface area (Å²) in [5.41, 5.74) is 0. The molecule has 14 heavy (non-hydrogen) atoms. The van der Waals surface area contributed by atoms with Crippen molar-refractivity contribution in [3.63, 3.8) is 0 Å². The molecule has 0 spiro atoms. The number of sulfonamides is 1. The highest BCUT2D eigenvalue weighted by molar-refractivity contribution is 7.89. The van der Waals surface area contributed by atoms with E-state index in [4.69, 9.17) is 0 Å². The first-order valence-corrected chi connectivity index (χ1v) is 6.68. The van der Waals surface area contributed by atoms with Gasteiger partial charge < -0.3 is 4.79 Å². The molecule has 5 heteroatoms. The van der Waals surface area contributed by atoms with Crippen molar-refractivity contribution >= 4 is 16.3 Å². The molecule has 0 heterocycles. The summed E-state index contributed by atoms with van der Waals surface area (Å²) in [6.07, 6.45) is 4.15. The third-order valence-corrected chi connectivity index (χ3v) is 4.14. The lowest BCUT2D eigenvalue weighted by Gasteiger charge is -2.25. The number of carbonyl (C=O) groups is 1. The van der Waals surface area contributed by atoms with E-state index in [0.29, 0.717) is 0 Å². The van der Waals surface area contributed by atoms with Crippen LogP contribution in [0.15, 0.2) is 0 Å². The molecule has 1 rings (SSSR count). The van der Waals surface area contributed by atoms with E-state index < -0.39 is 10.0 Å². The fourth-order valence-electron chi connectivity index (χ4n) is 1.71. The lowest BCUT2D eigenvalue weighted by molar-refractivity contribution is -0.111. The van der Waals surface area contributed by atoms with Gasteiger partial charge in [-0.25, -0.2) is 13.1 Å². The minimum absolute atomic E-state index is 0.0381. The second-order valence-corrected chi connectivity index (χ2v) is 5.81. The summed E-state index contributed by atoms with van der Waals surface area (Å²) in [7, 11) is -3.08. The van der Waals surface area contributed by atoms with Gasteiger partial charge in [-0.05, 0) is 32.6 Å². The second kappa shape index (κ2) is 4.89. The smallest absolute Gasteiger partial charge is 0.211 e. The highest BCUT2D eigenvalue weighted by Crippen LogP contribution is 2.22. The molecule has 1 saturated carbocycles. The van der Waals surface area contributed by atoms with Crippen molar-refractivity contribution in [3.8, 4) is 0 Å². The van der Waals surface area contributed by atoms with Crippen molar-refractivity contribution in [1.82, 2.24) is 4.72 Å². The van der Waals surface area contributed by atoms with Crippen molar-refractivity contribution in [1.29, 1.82) is 0 Å². The molecule has 82 valence electrons. The van der Waals surface area contributed by atoms with Crippen molar-refractivity contribution in [2.24, 2.45) is 5.92 Å². The molecule has 0 amide bonds. The summed E-state index contributed by atoms with van der Waals surface area (Å²) in [5.74, 6) is 0.262. The topological polar surface area (TPSA) is 63.2 Å². The minimum atomic E-state index is -3.08. The molecule has 0 bridgehead atoms. The Kier molecular flexibility index (Phi) is 4.07. The fraction of sp³-hybridized carbons (Fsp3) is 0.889. The molecule has 0 saturated heterocycles. The summed E-state index contributed by atoms with van der Waals surface area (Å²) in [4.78, 5) is 10.5. The standard InChI is InChI=1S/C9H17NO3S/c1-2-14(12,13)10-9-5-3-8(7-11)4-6-9/h7-10H,2-6H2,1H3. The Hall–Kier alpha value is -0.420. The van der Waals surface area contributed by atoms with Gasteiger partial charge >= 0.3 is 0 Å². The largest absolute Gasteiger partial charge is 0.303 e. The second-order valence-electron chi connectivity index (χ2n) is 3.77. The predicted molar refractivity (Wildman–Crippen MR) is 54.4 cm³/mol. The van der Waals surface area contributed by atoms with E-state index in [0.717, 1.165) is 32.0 Å². The maximum Gasteiger partial charge on any atom is 0.211 e. The van der Waals surface area contributed by atoms with Crippen LogP contribution >= 0.6 is 0 Å². The molecule has 1 aliphatic rings. The first-order chi connectivity index (χ1) is 6.57. The first-order valence-electron chi connectivity index (χ1n) is 5.02. The molecule has 1 aliphatic carbocycles. The first kappa shape index (κ1) is 11.7. The summed E-state index contributed by atoms with van der Waals surface area (Å²) in [5, 5.41) is 0. The molecule has 4 nitrogen and oxygen atoms in total. The van der Waals surface area contributed by atoms with Crippen LogP contribution in [0, 0.1) is 5.92 Å². The zero-order valence-electron chi connectivity index (χ0n) is 8.40. The molecule has 1 N–H and O–H groups in total. The zero-order valence-corrected chi connectivity index (χ0v) is 9.22. The van der Waals surface area contributed by atoms with Gasteiger partial charge in [0, 0.05) is 12.0 Å². The van der Waals surface area contributed by atoms with E-state index in [2.05, 4.69) is 4.72 Å². The SMILES string of the molecule is CCS(=O)(=O)NC1CCC(C=O)CC1. The van der Waals surface area contributed by atoms with Gasteiger partial charge in [0.05, 0.1) is 5.75 Å². The van der Waals surface area contributed by atoms with E-state index in [9.17, 15) is 13.2 Å². The zero-order chi connectivity index (χ0) is 10.6. The third kappa shape index (κ3) is 3.38. The maximum atomic E-state index is 11.2. The minimum Gasteiger partial charge on any atom is -0.303 e. The number of aldehydes is 1. The Morgan fingerprint density at radius 1 is 1.29 bits per heavy atom. The van der Waals surface area contributed by atoms with Crippen molar-refractivity contribution in [3.05, 3.63) is 0 Å². The van der Waals surface area contributed by atoms with Gasteiger partial charge in [-0.2, -0.15) is 0 Å².